The molecule has 106 valence electrons. The fourth-order valence-electron chi connectivity index (χ4n) is 1.85. The molecule has 2 aromatic carbocycles. The third-order valence-electron chi connectivity index (χ3n) is 2.82. The molecule has 0 unspecified atom stereocenters. The molecular weight excluding hydrogens is 290 g/mol. The quantitative estimate of drug-likeness (QED) is 0.649. The van der Waals surface area contributed by atoms with Crippen LogP contribution in [0.15, 0.2) is 42.5 Å². The molecule has 5 heteroatoms. The van der Waals surface area contributed by atoms with Crippen LogP contribution in [0.2, 0.25) is 5.02 Å². The molecule has 2 rings (SSSR count). The van der Waals surface area contributed by atoms with E-state index in [-0.39, 0.29) is 0 Å². The monoisotopic (exact) mass is 301 g/mol. The molecule has 0 saturated heterocycles. The molecule has 0 bridgehead atoms. The van der Waals surface area contributed by atoms with E-state index in [0.717, 1.165) is 6.29 Å². The fraction of sp³-hybridized carbons (Fsp3) is 0. The van der Waals surface area contributed by atoms with Crippen LogP contribution >= 0.6 is 11.6 Å². The van der Waals surface area contributed by atoms with Gasteiger partial charge >= 0.3 is 6.09 Å². The van der Waals surface area contributed by atoms with Crippen LogP contribution in [0, 0.1) is 0 Å². The Balaban J connectivity index is 2.36. The van der Waals surface area contributed by atoms with Gasteiger partial charge in [-0.2, -0.15) is 0 Å². The van der Waals surface area contributed by atoms with Crippen LogP contribution in [0.5, 0.6) is 0 Å². The normalized spacial score (nSPS) is 10.5. The Kier molecular flexibility index (Phi) is 4.74. The lowest BCUT2D eigenvalue weighted by atomic mass is 10.1. The fourth-order valence-corrected chi connectivity index (χ4v) is 2.03. The highest BCUT2D eigenvalue weighted by atomic mass is 35.5. The third kappa shape index (κ3) is 3.94. The molecule has 0 atom stereocenters. The second-order valence-electron chi connectivity index (χ2n) is 4.24. The molecule has 0 fully saturated rings. The van der Waals surface area contributed by atoms with E-state index in [1.807, 2.05) is 0 Å². The lowest BCUT2D eigenvalue weighted by Crippen LogP contribution is -2.08. The summed E-state index contributed by atoms with van der Waals surface area (Å²) in [5.74, 6) is 0. The minimum Gasteiger partial charge on any atom is -0.465 e. The van der Waals surface area contributed by atoms with E-state index >= 15 is 0 Å². The van der Waals surface area contributed by atoms with Gasteiger partial charge in [-0.3, -0.25) is 10.1 Å². The lowest BCUT2D eigenvalue weighted by molar-refractivity contribution is 0.112. The van der Waals surface area contributed by atoms with Crippen molar-refractivity contribution in [3.63, 3.8) is 0 Å². The van der Waals surface area contributed by atoms with Crippen molar-refractivity contribution in [1.82, 2.24) is 0 Å². The van der Waals surface area contributed by atoms with Gasteiger partial charge in [-0.1, -0.05) is 42.0 Å². The Morgan fingerprint density at radius 2 is 1.76 bits per heavy atom. The van der Waals surface area contributed by atoms with Crippen molar-refractivity contribution in [2.24, 2.45) is 0 Å². The summed E-state index contributed by atoms with van der Waals surface area (Å²) in [7, 11) is 0. The molecule has 0 aromatic heterocycles. The number of anilines is 1. The number of carbonyl (C=O) groups excluding carboxylic acids is 1. The summed E-state index contributed by atoms with van der Waals surface area (Å²) in [6.07, 6.45) is 3.06. The number of hydrogen-bond acceptors (Lipinski definition) is 2. The van der Waals surface area contributed by atoms with E-state index in [1.165, 1.54) is 0 Å². The number of carbonyl (C=O) groups is 2. The lowest BCUT2D eigenvalue weighted by Gasteiger charge is -2.05. The topological polar surface area (TPSA) is 66.4 Å². The van der Waals surface area contributed by atoms with Crippen molar-refractivity contribution in [3.8, 4) is 0 Å². The second-order valence-corrected chi connectivity index (χ2v) is 4.68. The molecule has 0 radical (unpaired) electrons. The summed E-state index contributed by atoms with van der Waals surface area (Å²) in [5, 5.41) is 11.6. The maximum Gasteiger partial charge on any atom is 0.409 e. The number of nitrogens with one attached hydrogen (secondary N) is 1. The summed E-state index contributed by atoms with van der Waals surface area (Å²) >= 11 is 5.92. The molecule has 2 aromatic rings. The molecule has 2 N–H and O–H groups in total. The Labute approximate surface area is 126 Å². The number of carboxylic acid groups (broad SMARTS) is 1. The Morgan fingerprint density at radius 1 is 1.05 bits per heavy atom. The first-order chi connectivity index (χ1) is 10.1. The maximum absolute atomic E-state index is 11.0. The summed E-state index contributed by atoms with van der Waals surface area (Å²) < 4.78 is 0. The highest BCUT2D eigenvalue weighted by Gasteiger charge is 2.03. The van der Waals surface area contributed by atoms with Gasteiger partial charge in [0.2, 0.25) is 0 Å². The van der Waals surface area contributed by atoms with Crippen LogP contribution in [0.25, 0.3) is 12.2 Å². The Bertz CT molecular complexity index is 710. The van der Waals surface area contributed by atoms with Crippen molar-refractivity contribution < 1.29 is 14.7 Å². The van der Waals surface area contributed by atoms with Crippen LogP contribution in [0.1, 0.15) is 21.5 Å². The molecule has 0 aliphatic rings. The van der Waals surface area contributed by atoms with Crippen LogP contribution < -0.4 is 5.32 Å². The first-order valence-electron chi connectivity index (χ1n) is 6.12. The largest absolute Gasteiger partial charge is 0.465 e. The van der Waals surface area contributed by atoms with Gasteiger partial charge < -0.3 is 5.11 Å². The first-order valence-corrected chi connectivity index (χ1v) is 6.50. The van der Waals surface area contributed by atoms with E-state index < -0.39 is 6.09 Å². The van der Waals surface area contributed by atoms with E-state index in [1.54, 1.807) is 54.6 Å². The molecular formula is C16H12ClNO3. The SMILES string of the molecule is O=Cc1ccc(Cl)cc1/C=C/c1ccccc1NC(=O)O. The number of rotatable bonds is 4. The van der Waals surface area contributed by atoms with E-state index in [2.05, 4.69) is 5.32 Å². The zero-order valence-corrected chi connectivity index (χ0v) is 11.7. The Morgan fingerprint density at radius 3 is 2.48 bits per heavy atom. The molecule has 0 spiro atoms. The van der Waals surface area contributed by atoms with Crippen LogP contribution in [-0.2, 0) is 0 Å². The van der Waals surface area contributed by atoms with Gasteiger partial charge in [-0.15, -0.1) is 0 Å². The summed E-state index contributed by atoms with van der Waals surface area (Å²) in [6, 6.07) is 11.9. The number of aldehydes is 1. The molecule has 1 amide bonds. The van der Waals surface area contributed by atoms with Gasteiger partial charge in [0.15, 0.2) is 6.29 Å². The third-order valence-corrected chi connectivity index (χ3v) is 3.06. The number of hydrogen-bond donors (Lipinski definition) is 2. The van der Waals surface area contributed by atoms with Crippen molar-refractivity contribution in [1.29, 1.82) is 0 Å². The molecule has 0 aliphatic carbocycles. The van der Waals surface area contributed by atoms with E-state index in [9.17, 15) is 9.59 Å². The van der Waals surface area contributed by atoms with Crippen LogP contribution in [0.4, 0.5) is 10.5 Å². The molecule has 21 heavy (non-hydrogen) atoms. The second kappa shape index (κ2) is 6.72. The smallest absolute Gasteiger partial charge is 0.409 e. The van der Waals surface area contributed by atoms with Crippen LogP contribution in [0.3, 0.4) is 0 Å². The minimum atomic E-state index is -1.13. The Hall–Kier alpha value is -2.59. The van der Waals surface area contributed by atoms with Crippen molar-refractivity contribution in [2.45, 2.75) is 0 Å². The predicted octanol–water partition coefficient (Wildman–Crippen LogP) is 4.41. The first kappa shape index (κ1) is 14.8. The van der Waals surface area contributed by atoms with Crippen LogP contribution in [-0.4, -0.2) is 17.5 Å². The van der Waals surface area contributed by atoms with E-state index in [0.29, 0.717) is 27.4 Å². The van der Waals surface area contributed by atoms with Crippen molar-refractivity contribution >= 4 is 41.8 Å². The van der Waals surface area contributed by atoms with Gasteiger partial charge in [-0.25, -0.2) is 4.79 Å². The standard InChI is InChI=1S/C16H12ClNO3/c17-14-8-7-13(10-19)12(9-14)6-5-11-3-1-2-4-15(11)18-16(20)21/h1-10,18H,(H,20,21)/b6-5+. The van der Waals surface area contributed by atoms with Gasteiger partial charge in [0.05, 0.1) is 5.69 Å². The maximum atomic E-state index is 11.0. The highest BCUT2D eigenvalue weighted by molar-refractivity contribution is 6.30. The zero-order chi connectivity index (χ0) is 15.2. The van der Waals surface area contributed by atoms with Gasteiger partial charge in [-0.05, 0) is 35.4 Å². The van der Waals surface area contributed by atoms with Crippen molar-refractivity contribution in [2.75, 3.05) is 5.32 Å². The zero-order valence-electron chi connectivity index (χ0n) is 10.9. The number of amides is 1. The van der Waals surface area contributed by atoms with Gasteiger partial charge in [0.1, 0.15) is 0 Å². The molecule has 4 nitrogen and oxygen atoms in total. The van der Waals surface area contributed by atoms with Gasteiger partial charge in [0, 0.05) is 10.6 Å². The predicted molar refractivity (Wildman–Crippen MR) is 83.9 cm³/mol. The highest BCUT2D eigenvalue weighted by Crippen LogP contribution is 2.21. The van der Waals surface area contributed by atoms with E-state index in [4.69, 9.17) is 16.7 Å². The molecule has 0 saturated carbocycles. The van der Waals surface area contributed by atoms with Crippen molar-refractivity contribution in [3.05, 3.63) is 64.2 Å². The molecule has 0 heterocycles. The number of para-hydroxylation sites is 1. The number of benzene rings is 2. The molecule has 0 aliphatic heterocycles. The average Bonchev–Trinajstić information content (AvgIpc) is 2.46. The summed E-state index contributed by atoms with van der Waals surface area (Å²) in [4.78, 5) is 21.7. The average molecular weight is 302 g/mol. The minimum absolute atomic E-state index is 0.468. The summed E-state index contributed by atoms with van der Waals surface area (Å²) in [6.45, 7) is 0. The number of halogens is 1. The van der Waals surface area contributed by atoms with Gasteiger partial charge in [0.25, 0.3) is 0 Å². The summed E-state index contributed by atoms with van der Waals surface area (Å²) in [5.41, 5.74) is 2.34.